The molecule has 0 aliphatic heterocycles. The summed E-state index contributed by atoms with van der Waals surface area (Å²) in [6.45, 7) is 0. The van der Waals surface area contributed by atoms with Gasteiger partial charge in [-0.3, -0.25) is 14.9 Å². The van der Waals surface area contributed by atoms with Gasteiger partial charge < -0.3 is 13.9 Å². The topological polar surface area (TPSA) is 122 Å². The van der Waals surface area contributed by atoms with Gasteiger partial charge in [0.15, 0.2) is 17.3 Å². The molecule has 0 amide bonds. The van der Waals surface area contributed by atoms with Gasteiger partial charge in [0.25, 0.3) is 11.2 Å². The third kappa shape index (κ3) is 4.95. The van der Waals surface area contributed by atoms with Crippen molar-refractivity contribution in [2.45, 2.75) is 12.8 Å². The maximum absolute atomic E-state index is 12.9. The third-order valence-electron chi connectivity index (χ3n) is 5.72. The predicted molar refractivity (Wildman–Crippen MR) is 144 cm³/mol. The van der Waals surface area contributed by atoms with E-state index in [9.17, 15) is 14.9 Å². The minimum atomic E-state index is -0.477. The number of furan rings is 1. The van der Waals surface area contributed by atoms with Crippen LogP contribution in [0.3, 0.4) is 0 Å². The fraction of sp³-hybridized carbons (Fsp3) is 0.160. The van der Waals surface area contributed by atoms with Crippen molar-refractivity contribution in [2.75, 3.05) is 14.2 Å². The normalized spacial score (nSPS) is 11.8. The number of hydrogen-bond donors (Lipinski definition) is 0. The van der Waals surface area contributed by atoms with Crippen LogP contribution in [0.4, 0.5) is 5.69 Å². The first-order chi connectivity index (χ1) is 18.3. The number of methoxy groups -OCH3 is 2. The lowest BCUT2D eigenvalue weighted by Gasteiger charge is -2.10. The van der Waals surface area contributed by atoms with Crippen molar-refractivity contribution in [2.24, 2.45) is 0 Å². The number of aromatic nitrogens is 3. The highest BCUT2D eigenvalue weighted by Gasteiger charge is 2.20. The molecule has 3 aromatic heterocycles. The number of nitrogens with zero attached hydrogens (tertiary/aromatic N) is 4. The molecule has 5 rings (SSSR count). The van der Waals surface area contributed by atoms with E-state index in [1.807, 2.05) is 0 Å². The van der Waals surface area contributed by atoms with Crippen LogP contribution >= 0.6 is 34.5 Å². The standard InChI is InChI=1S/C25H18Cl2N4O6S/c1-35-20-9-13(18(31(33)34)12-21(20)36-2)3-8-23-28-25-30(29-23)24(32)22(38-25)11-15-5-7-19(37-15)16-10-14(26)4-6-17(16)27/h4-7,9-12H,3,8H2,1-2H3/b22-11-. The molecular weight excluding hydrogens is 555 g/mol. The van der Waals surface area contributed by atoms with E-state index in [-0.39, 0.29) is 29.8 Å². The molecule has 0 saturated carbocycles. The second kappa shape index (κ2) is 10.4. The summed E-state index contributed by atoms with van der Waals surface area (Å²) in [5.41, 5.74) is 0.639. The van der Waals surface area contributed by atoms with Gasteiger partial charge in [-0.2, -0.15) is 4.52 Å². The van der Waals surface area contributed by atoms with E-state index in [1.54, 1.807) is 42.5 Å². The average molecular weight is 573 g/mol. The second-order valence-corrected chi connectivity index (χ2v) is 9.91. The molecule has 0 atom stereocenters. The number of nitro benzene ring substituents is 1. The maximum Gasteiger partial charge on any atom is 0.291 e. The highest BCUT2D eigenvalue weighted by atomic mass is 35.5. The molecule has 0 saturated heterocycles. The fourth-order valence-corrected chi connectivity index (χ4v) is 5.19. The van der Waals surface area contributed by atoms with E-state index in [4.69, 9.17) is 37.1 Å². The zero-order valence-electron chi connectivity index (χ0n) is 19.9. The Morgan fingerprint density at radius 3 is 2.58 bits per heavy atom. The number of thiazole rings is 1. The quantitative estimate of drug-likeness (QED) is 0.188. The van der Waals surface area contributed by atoms with Gasteiger partial charge in [0.1, 0.15) is 16.1 Å². The van der Waals surface area contributed by atoms with Crippen molar-refractivity contribution in [3.05, 3.63) is 94.7 Å². The molecule has 0 bridgehead atoms. The van der Waals surface area contributed by atoms with Crippen LogP contribution < -0.4 is 19.6 Å². The minimum absolute atomic E-state index is 0.0954. The number of rotatable bonds is 8. The molecule has 0 N–H and O–H groups in total. The number of halogens is 2. The second-order valence-electron chi connectivity index (χ2n) is 8.06. The van der Waals surface area contributed by atoms with Crippen LogP contribution in [0.1, 0.15) is 17.1 Å². The van der Waals surface area contributed by atoms with Crippen molar-refractivity contribution >= 4 is 51.3 Å². The molecule has 2 aromatic carbocycles. The first-order valence-corrected chi connectivity index (χ1v) is 12.7. The summed E-state index contributed by atoms with van der Waals surface area (Å²) in [4.78, 5) is 28.9. The van der Waals surface area contributed by atoms with E-state index >= 15 is 0 Å². The summed E-state index contributed by atoms with van der Waals surface area (Å²) >= 11 is 13.5. The van der Waals surface area contributed by atoms with E-state index in [1.165, 1.54) is 24.8 Å². The van der Waals surface area contributed by atoms with E-state index in [2.05, 4.69) is 10.1 Å². The van der Waals surface area contributed by atoms with Crippen molar-refractivity contribution in [1.82, 2.24) is 14.6 Å². The van der Waals surface area contributed by atoms with Crippen LogP contribution in [-0.4, -0.2) is 33.7 Å². The fourth-order valence-electron chi connectivity index (χ4n) is 3.90. The van der Waals surface area contributed by atoms with Gasteiger partial charge in [-0.25, -0.2) is 4.98 Å². The lowest BCUT2D eigenvalue weighted by Crippen LogP contribution is -2.23. The molecule has 0 spiro atoms. The average Bonchev–Trinajstić information content (AvgIpc) is 3.60. The zero-order valence-corrected chi connectivity index (χ0v) is 22.3. The highest BCUT2D eigenvalue weighted by Crippen LogP contribution is 2.35. The van der Waals surface area contributed by atoms with Crippen molar-refractivity contribution < 1.29 is 18.8 Å². The number of aryl methyl sites for hydroxylation is 2. The van der Waals surface area contributed by atoms with E-state index in [0.29, 0.717) is 53.8 Å². The van der Waals surface area contributed by atoms with Gasteiger partial charge in [-0.05, 0) is 42.8 Å². The summed E-state index contributed by atoms with van der Waals surface area (Å²) in [5.74, 6) is 2.01. The monoisotopic (exact) mass is 572 g/mol. The molecule has 38 heavy (non-hydrogen) atoms. The number of benzene rings is 2. The number of nitro groups is 1. The molecule has 0 fully saturated rings. The molecule has 10 nitrogen and oxygen atoms in total. The Labute approximate surface area is 228 Å². The predicted octanol–water partition coefficient (Wildman–Crippen LogP) is 4.98. The first-order valence-electron chi connectivity index (χ1n) is 11.1. The zero-order chi connectivity index (χ0) is 27.0. The Balaban J connectivity index is 1.39. The van der Waals surface area contributed by atoms with E-state index < -0.39 is 4.92 Å². The van der Waals surface area contributed by atoms with E-state index in [0.717, 1.165) is 11.3 Å². The number of fused-ring (bicyclic) bond motifs is 1. The molecule has 0 radical (unpaired) electrons. The summed E-state index contributed by atoms with van der Waals surface area (Å²) in [7, 11) is 2.87. The molecule has 3 heterocycles. The van der Waals surface area contributed by atoms with Gasteiger partial charge in [0.05, 0.1) is 30.2 Å². The van der Waals surface area contributed by atoms with Crippen LogP contribution in [-0.2, 0) is 12.8 Å². The van der Waals surface area contributed by atoms with Crippen LogP contribution in [0.5, 0.6) is 11.5 Å². The summed E-state index contributed by atoms with van der Waals surface area (Å²) < 4.78 is 17.9. The Morgan fingerprint density at radius 2 is 1.87 bits per heavy atom. The summed E-state index contributed by atoms with van der Waals surface area (Å²) in [6.07, 6.45) is 2.16. The molecular formula is C25H18Cl2N4O6S. The van der Waals surface area contributed by atoms with Crippen molar-refractivity contribution in [3.8, 4) is 22.8 Å². The molecule has 0 aliphatic carbocycles. The smallest absolute Gasteiger partial charge is 0.291 e. The van der Waals surface area contributed by atoms with Crippen LogP contribution in [0.2, 0.25) is 10.0 Å². The Bertz CT molecular complexity index is 1800. The Morgan fingerprint density at radius 1 is 1.11 bits per heavy atom. The molecule has 0 aliphatic rings. The Kier molecular flexibility index (Phi) is 7.06. The number of ether oxygens (including phenoxy) is 2. The lowest BCUT2D eigenvalue weighted by atomic mass is 10.1. The minimum Gasteiger partial charge on any atom is -0.493 e. The van der Waals surface area contributed by atoms with Crippen LogP contribution in [0, 0.1) is 10.1 Å². The SMILES string of the molecule is COc1cc(CCc2nc3s/c(=C\c4ccc(-c5cc(Cl)ccc5Cl)o4)c(=O)n3n2)c([N+](=O)[O-])cc1OC. The lowest BCUT2D eigenvalue weighted by molar-refractivity contribution is -0.385. The van der Waals surface area contributed by atoms with Crippen LogP contribution in [0.15, 0.2) is 51.7 Å². The van der Waals surface area contributed by atoms with Gasteiger partial charge in [0.2, 0.25) is 4.96 Å². The first kappa shape index (κ1) is 25.7. The van der Waals surface area contributed by atoms with Gasteiger partial charge in [-0.1, -0.05) is 34.5 Å². The van der Waals surface area contributed by atoms with Crippen LogP contribution in [0.25, 0.3) is 22.4 Å². The maximum atomic E-state index is 12.9. The summed E-state index contributed by atoms with van der Waals surface area (Å²) in [6, 6.07) is 11.4. The largest absolute Gasteiger partial charge is 0.493 e. The molecule has 0 unspecified atom stereocenters. The van der Waals surface area contributed by atoms with Gasteiger partial charge in [-0.15, -0.1) is 5.10 Å². The summed E-state index contributed by atoms with van der Waals surface area (Å²) in [5, 5.41) is 16.9. The Hall–Kier alpha value is -3.93. The molecule has 13 heteroatoms. The highest BCUT2D eigenvalue weighted by molar-refractivity contribution is 7.15. The van der Waals surface area contributed by atoms with Gasteiger partial charge in [0, 0.05) is 28.6 Å². The van der Waals surface area contributed by atoms with Crippen molar-refractivity contribution in [1.29, 1.82) is 0 Å². The number of hydrogen-bond acceptors (Lipinski definition) is 9. The molecule has 5 aromatic rings. The van der Waals surface area contributed by atoms with Gasteiger partial charge >= 0.3 is 0 Å². The third-order valence-corrected chi connectivity index (χ3v) is 7.24. The molecule has 194 valence electrons. The van der Waals surface area contributed by atoms with Crippen molar-refractivity contribution in [3.63, 3.8) is 0 Å².